The van der Waals surface area contributed by atoms with E-state index in [9.17, 15) is 10.2 Å². The molecule has 0 aromatic heterocycles. The highest BCUT2D eigenvalue weighted by Gasteiger charge is 2.46. The smallest absolute Gasteiger partial charge is 0.127 e. The highest BCUT2D eigenvalue weighted by Crippen LogP contribution is 2.54. The molecule has 2 atom stereocenters. The van der Waals surface area contributed by atoms with E-state index in [2.05, 4.69) is 55.8 Å². The van der Waals surface area contributed by atoms with E-state index in [0.29, 0.717) is 11.7 Å². The van der Waals surface area contributed by atoms with E-state index in [1.807, 2.05) is 6.07 Å². The summed E-state index contributed by atoms with van der Waals surface area (Å²) in [5, 5.41) is 21.8. The van der Waals surface area contributed by atoms with Crippen LogP contribution < -0.4 is 4.74 Å². The van der Waals surface area contributed by atoms with Gasteiger partial charge < -0.3 is 14.9 Å². The lowest BCUT2D eigenvalue weighted by Gasteiger charge is -2.47. The predicted octanol–water partition coefficient (Wildman–Crippen LogP) is 6.60. The van der Waals surface area contributed by atoms with Crippen LogP contribution in [0.4, 0.5) is 0 Å². The Bertz CT molecular complexity index is 751. The summed E-state index contributed by atoms with van der Waals surface area (Å²) in [6.45, 7) is 8.94. The number of hydrogen-bond acceptors (Lipinski definition) is 3. The van der Waals surface area contributed by atoms with Crippen molar-refractivity contribution in [2.24, 2.45) is 5.92 Å². The second-order valence-corrected chi connectivity index (χ2v) is 10.8. The second kappa shape index (κ2) is 9.01. The third kappa shape index (κ3) is 4.85. The lowest BCUT2D eigenvalue weighted by atomic mass is 9.66. The van der Waals surface area contributed by atoms with Gasteiger partial charge in [0.2, 0.25) is 0 Å². The summed E-state index contributed by atoms with van der Waals surface area (Å²) in [7, 11) is 0. The molecule has 1 aromatic rings. The first-order chi connectivity index (χ1) is 13.7. The molecule has 0 saturated carbocycles. The normalized spacial score (nSPS) is 23.0. The van der Waals surface area contributed by atoms with Crippen LogP contribution in [-0.4, -0.2) is 27.8 Å². The van der Waals surface area contributed by atoms with E-state index >= 15 is 0 Å². The molecule has 1 heterocycles. The van der Waals surface area contributed by atoms with Crippen LogP contribution in [0.15, 0.2) is 23.8 Å². The summed E-state index contributed by atoms with van der Waals surface area (Å²) in [5.74, 6) is 1.69. The van der Waals surface area contributed by atoms with Crippen LogP contribution in [-0.2, 0) is 5.41 Å². The third-order valence-corrected chi connectivity index (χ3v) is 7.62. The van der Waals surface area contributed by atoms with Gasteiger partial charge in [-0.25, -0.2) is 0 Å². The summed E-state index contributed by atoms with van der Waals surface area (Å²) in [6, 6.07) is 4.13. The third-order valence-electron chi connectivity index (χ3n) is 7.06. The number of benzene rings is 1. The molecule has 0 unspecified atom stereocenters. The average Bonchev–Trinajstić information content (AvgIpc) is 2.66. The van der Waals surface area contributed by atoms with Crippen molar-refractivity contribution in [2.45, 2.75) is 89.6 Å². The quantitative estimate of drug-likeness (QED) is 0.258. The number of halogens is 1. The van der Waals surface area contributed by atoms with Crippen molar-refractivity contribution in [1.29, 1.82) is 0 Å². The van der Waals surface area contributed by atoms with Gasteiger partial charge in [0.15, 0.2) is 0 Å². The van der Waals surface area contributed by atoms with Crippen LogP contribution in [0, 0.1) is 5.92 Å². The van der Waals surface area contributed by atoms with E-state index in [1.165, 1.54) is 25.7 Å². The Labute approximate surface area is 184 Å². The molecule has 3 nitrogen and oxygen atoms in total. The van der Waals surface area contributed by atoms with Gasteiger partial charge in [-0.1, -0.05) is 55.1 Å². The Morgan fingerprint density at radius 2 is 1.90 bits per heavy atom. The summed E-state index contributed by atoms with van der Waals surface area (Å²) in [4.78, 5) is 0. The molecule has 0 saturated heterocycles. The number of unbranched alkanes of at least 4 members (excludes halogenated alkanes) is 3. The number of aliphatic hydroxyl groups is 1. The van der Waals surface area contributed by atoms with E-state index in [1.54, 1.807) is 0 Å². The van der Waals surface area contributed by atoms with Gasteiger partial charge in [0.25, 0.3) is 0 Å². The van der Waals surface area contributed by atoms with Gasteiger partial charge in [0.1, 0.15) is 17.1 Å². The zero-order valence-corrected chi connectivity index (χ0v) is 20.0. The monoisotopic (exact) mass is 464 g/mol. The number of phenolic OH excluding ortho intramolecular Hbond substituents is 1. The maximum atomic E-state index is 11.0. The van der Waals surface area contributed by atoms with E-state index < -0.39 is 0 Å². The molecule has 1 aromatic carbocycles. The first-order valence-corrected chi connectivity index (χ1v) is 12.2. The molecule has 0 radical (unpaired) electrons. The van der Waals surface area contributed by atoms with Gasteiger partial charge in [0.05, 0.1) is 6.61 Å². The number of phenols is 1. The molecule has 0 bridgehead atoms. The average molecular weight is 465 g/mol. The maximum absolute atomic E-state index is 11.0. The van der Waals surface area contributed by atoms with Crippen LogP contribution in [0.1, 0.15) is 89.7 Å². The van der Waals surface area contributed by atoms with Crippen molar-refractivity contribution in [3.63, 3.8) is 0 Å². The van der Waals surface area contributed by atoms with Gasteiger partial charge in [-0.2, -0.15) is 0 Å². The van der Waals surface area contributed by atoms with Gasteiger partial charge >= 0.3 is 0 Å². The van der Waals surface area contributed by atoms with Crippen LogP contribution >= 0.6 is 15.9 Å². The molecule has 2 aliphatic rings. The topological polar surface area (TPSA) is 49.7 Å². The van der Waals surface area contributed by atoms with Crippen LogP contribution in [0.2, 0.25) is 0 Å². The first-order valence-electron chi connectivity index (χ1n) is 11.1. The number of alkyl halides is 1. The summed E-state index contributed by atoms with van der Waals surface area (Å²) < 4.78 is 6.47. The Morgan fingerprint density at radius 1 is 1.17 bits per heavy atom. The molecular formula is C25H37BrO3. The standard InChI is InChI=1S/C25H37BrO3/c1-24(2,11-7-5-6-8-12-26)18-14-21(28)23-19-13-17(16-27)9-10-20(19)25(3,4)29-22(23)15-18/h9,14-15,19-20,27-28H,5-8,10-13,16H2,1-4H3/t19-,20-/m0/s1. The van der Waals surface area contributed by atoms with E-state index in [4.69, 9.17) is 4.74 Å². The molecule has 1 aliphatic carbocycles. The van der Waals surface area contributed by atoms with Crippen LogP contribution in [0.3, 0.4) is 0 Å². The minimum absolute atomic E-state index is 0.00596. The molecule has 0 fully saturated rings. The fourth-order valence-corrected chi connectivity index (χ4v) is 5.54. The molecule has 3 rings (SSSR count). The van der Waals surface area contributed by atoms with Crippen molar-refractivity contribution < 1.29 is 14.9 Å². The lowest BCUT2D eigenvalue weighted by Crippen LogP contribution is -2.45. The van der Waals surface area contributed by atoms with Gasteiger partial charge in [-0.05, 0) is 68.2 Å². The van der Waals surface area contributed by atoms with E-state index in [0.717, 1.165) is 47.0 Å². The SMILES string of the molecule is CC(C)(CCCCCCBr)c1cc(O)c2c(c1)OC(C)(C)[C@H]1CC=C(CO)C[C@H]21. The number of fused-ring (bicyclic) bond motifs is 3. The fraction of sp³-hybridized carbons (Fsp3) is 0.680. The molecule has 0 spiro atoms. The molecule has 2 N–H and O–H groups in total. The van der Waals surface area contributed by atoms with Crippen molar-refractivity contribution in [3.8, 4) is 11.5 Å². The largest absolute Gasteiger partial charge is 0.508 e. The predicted molar refractivity (Wildman–Crippen MR) is 123 cm³/mol. The molecule has 1 aliphatic heterocycles. The van der Waals surface area contributed by atoms with Crippen molar-refractivity contribution in [1.82, 2.24) is 0 Å². The van der Waals surface area contributed by atoms with Crippen molar-refractivity contribution in [3.05, 3.63) is 34.9 Å². The number of ether oxygens (including phenoxy) is 1. The zero-order valence-electron chi connectivity index (χ0n) is 18.4. The molecule has 0 amide bonds. The Kier molecular flexibility index (Phi) is 7.05. The number of aliphatic hydroxyl groups excluding tert-OH is 1. The minimum Gasteiger partial charge on any atom is -0.508 e. The highest BCUT2D eigenvalue weighted by molar-refractivity contribution is 9.09. The maximum Gasteiger partial charge on any atom is 0.127 e. The van der Waals surface area contributed by atoms with Gasteiger partial charge in [-0.3, -0.25) is 0 Å². The highest BCUT2D eigenvalue weighted by atomic mass is 79.9. The zero-order chi connectivity index (χ0) is 21.2. The Morgan fingerprint density at radius 3 is 2.59 bits per heavy atom. The van der Waals surface area contributed by atoms with Crippen molar-refractivity contribution >= 4 is 15.9 Å². The molecule has 29 heavy (non-hydrogen) atoms. The number of allylic oxidation sites excluding steroid dienone is 1. The van der Waals surface area contributed by atoms with Gasteiger partial charge in [-0.15, -0.1) is 0 Å². The van der Waals surface area contributed by atoms with Crippen LogP contribution in [0.25, 0.3) is 0 Å². The Balaban J connectivity index is 1.87. The summed E-state index contributed by atoms with van der Waals surface area (Å²) >= 11 is 3.50. The van der Waals surface area contributed by atoms with Crippen LogP contribution in [0.5, 0.6) is 11.5 Å². The summed E-state index contributed by atoms with van der Waals surface area (Å²) in [6.07, 6.45) is 9.86. The lowest BCUT2D eigenvalue weighted by molar-refractivity contribution is 0.00662. The van der Waals surface area contributed by atoms with E-state index in [-0.39, 0.29) is 23.5 Å². The number of hydrogen-bond donors (Lipinski definition) is 2. The van der Waals surface area contributed by atoms with Gasteiger partial charge in [0, 0.05) is 22.7 Å². The first kappa shape index (κ1) is 22.7. The molecule has 4 heteroatoms. The summed E-state index contributed by atoms with van der Waals surface area (Å²) in [5.41, 5.74) is 2.86. The second-order valence-electron chi connectivity index (χ2n) is 10.0. The molecule has 162 valence electrons. The number of aromatic hydroxyl groups is 1. The number of rotatable bonds is 8. The fourth-order valence-electron chi connectivity index (χ4n) is 5.14. The minimum atomic E-state index is -0.292. The molecular weight excluding hydrogens is 428 g/mol. The Hall–Kier alpha value is -1.00. The van der Waals surface area contributed by atoms with Crippen molar-refractivity contribution in [2.75, 3.05) is 11.9 Å².